The summed E-state index contributed by atoms with van der Waals surface area (Å²) in [5.41, 5.74) is 8.29. The van der Waals surface area contributed by atoms with Gasteiger partial charge in [0, 0.05) is 6.07 Å². The fourth-order valence-corrected chi connectivity index (χ4v) is 2.35. The fourth-order valence-electron chi connectivity index (χ4n) is 1.65. The number of hydrogen-bond donors (Lipinski definition) is 1. The van der Waals surface area contributed by atoms with Crippen molar-refractivity contribution in [1.29, 1.82) is 0 Å². The highest BCUT2D eigenvalue weighted by Gasteiger charge is 2.12. The summed E-state index contributed by atoms with van der Waals surface area (Å²) in [5, 5.41) is 4.07. The van der Waals surface area contributed by atoms with Gasteiger partial charge in [0.2, 0.25) is 0 Å². The van der Waals surface area contributed by atoms with Crippen LogP contribution in [0.2, 0.25) is 0 Å². The van der Waals surface area contributed by atoms with Crippen LogP contribution in [0.15, 0.2) is 35.0 Å². The first-order chi connectivity index (χ1) is 8.24. The van der Waals surface area contributed by atoms with E-state index in [4.69, 9.17) is 15.2 Å². The Morgan fingerprint density at radius 2 is 1.71 bits per heavy atom. The highest BCUT2D eigenvalue weighted by molar-refractivity contribution is 7.08. The first-order valence-electron chi connectivity index (χ1n) is 5.25. The van der Waals surface area contributed by atoms with Gasteiger partial charge in [0.25, 0.3) is 0 Å². The van der Waals surface area contributed by atoms with Crippen molar-refractivity contribution in [1.82, 2.24) is 0 Å². The molecule has 0 radical (unpaired) electrons. The van der Waals surface area contributed by atoms with E-state index in [1.165, 1.54) is 0 Å². The van der Waals surface area contributed by atoms with Crippen LogP contribution in [0.25, 0.3) is 0 Å². The van der Waals surface area contributed by atoms with Crippen LogP contribution in [-0.2, 0) is 0 Å². The zero-order valence-electron chi connectivity index (χ0n) is 9.84. The van der Waals surface area contributed by atoms with Crippen molar-refractivity contribution < 1.29 is 9.47 Å². The van der Waals surface area contributed by atoms with Crippen LogP contribution in [0.3, 0.4) is 0 Å². The van der Waals surface area contributed by atoms with Gasteiger partial charge in [-0.2, -0.15) is 11.3 Å². The Kier molecular flexibility index (Phi) is 3.66. The number of benzene rings is 1. The minimum atomic E-state index is -0.148. The van der Waals surface area contributed by atoms with Gasteiger partial charge in [0.15, 0.2) is 0 Å². The Morgan fingerprint density at radius 1 is 1.06 bits per heavy atom. The average molecular weight is 249 g/mol. The molecular weight excluding hydrogens is 234 g/mol. The van der Waals surface area contributed by atoms with E-state index in [1.807, 2.05) is 29.6 Å². The maximum atomic E-state index is 6.20. The summed E-state index contributed by atoms with van der Waals surface area (Å²) in [5.74, 6) is 1.51. The third-order valence-electron chi connectivity index (χ3n) is 2.64. The average Bonchev–Trinajstić information content (AvgIpc) is 2.91. The lowest BCUT2D eigenvalue weighted by atomic mass is 10.0. The molecule has 0 bridgehead atoms. The van der Waals surface area contributed by atoms with Crippen molar-refractivity contribution in [3.8, 4) is 11.5 Å². The molecule has 2 N–H and O–H groups in total. The molecular formula is C13H15NO2S. The fraction of sp³-hybridized carbons (Fsp3) is 0.231. The molecule has 0 amide bonds. The minimum Gasteiger partial charge on any atom is -0.497 e. The van der Waals surface area contributed by atoms with Crippen LogP contribution in [-0.4, -0.2) is 14.2 Å². The molecule has 0 fully saturated rings. The van der Waals surface area contributed by atoms with Crippen molar-refractivity contribution >= 4 is 11.3 Å². The molecule has 17 heavy (non-hydrogen) atoms. The molecule has 0 aliphatic heterocycles. The lowest BCUT2D eigenvalue weighted by Gasteiger charge is -2.13. The highest BCUT2D eigenvalue weighted by atomic mass is 32.1. The van der Waals surface area contributed by atoms with Gasteiger partial charge in [-0.05, 0) is 40.1 Å². The zero-order valence-corrected chi connectivity index (χ0v) is 10.7. The van der Waals surface area contributed by atoms with Crippen molar-refractivity contribution in [2.75, 3.05) is 14.2 Å². The predicted molar refractivity (Wildman–Crippen MR) is 69.9 cm³/mol. The van der Waals surface area contributed by atoms with E-state index in [9.17, 15) is 0 Å². The predicted octanol–water partition coefficient (Wildman–Crippen LogP) is 2.81. The van der Waals surface area contributed by atoms with Crippen molar-refractivity contribution in [3.05, 3.63) is 46.2 Å². The molecule has 3 nitrogen and oxygen atoms in total. The maximum Gasteiger partial charge on any atom is 0.122 e. The van der Waals surface area contributed by atoms with Crippen LogP contribution < -0.4 is 15.2 Å². The molecule has 0 aliphatic rings. The summed E-state index contributed by atoms with van der Waals surface area (Å²) in [6.07, 6.45) is 0. The van der Waals surface area contributed by atoms with E-state index >= 15 is 0 Å². The van der Waals surface area contributed by atoms with E-state index in [-0.39, 0.29) is 6.04 Å². The lowest BCUT2D eigenvalue weighted by Crippen LogP contribution is -2.11. The summed E-state index contributed by atoms with van der Waals surface area (Å²) in [4.78, 5) is 0. The van der Waals surface area contributed by atoms with E-state index in [0.717, 1.165) is 22.6 Å². The summed E-state index contributed by atoms with van der Waals surface area (Å²) < 4.78 is 10.5. The largest absolute Gasteiger partial charge is 0.497 e. The standard InChI is InChI=1S/C13H15NO2S/c1-15-11-5-10(6-12(7-11)16-2)13(14)9-3-4-17-8-9/h3-8,13H,14H2,1-2H3/t13-/m1/s1. The monoisotopic (exact) mass is 249 g/mol. The molecule has 0 unspecified atom stereocenters. The molecule has 2 rings (SSSR count). The Labute approximate surface area is 105 Å². The summed E-state index contributed by atoms with van der Waals surface area (Å²) in [6.45, 7) is 0. The van der Waals surface area contributed by atoms with Crippen LogP contribution in [0.4, 0.5) is 0 Å². The van der Waals surface area contributed by atoms with Gasteiger partial charge in [-0.25, -0.2) is 0 Å². The number of hydrogen-bond acceptors (Lipinski definition) is 4. The Balaban J connectivity index is 2.37. The van der Waals surface area contributed by atoms with E-state index < -0.39 is 0 Å². The summed E-state index contributed by atoms with van der Waals surface area (Å²) in [7, 11) is 3.27. The van der Waals surface area contributed by atoms with Gasteiger partial charge in [0.1, 0.15) is 11.5 Å². The molecule has 0 saturated heterocycles. The quantitative estimate of drug-likeness (QED) is 0.906. The van der Waals surface area contributed by atoms with Gasteiger partial charge in [-0.1, -0.05) is 0 Å². The second-order valence-corrected chi connectivity index (χ2v) is 4.46. The Hall–Kier alpha value is -1.52. The molecule has 1 aromatic heterocycles. The van der Waals surface area contributed by atoms with Crippen molar-refractivity contribution in [2.45, 2.75) is 6.04 Å². The third-order valence-corrected chi connectivity index (χ3v) is 3.34. The molecule has 0 aliphatic carbocycles. The van der Waals surface area contributed by atoms with Crippen LogP contribution in [0.1, 0.15) is 17.2 Å². The number of thiophene rings is 1. The van der Waals surface area contributed by atoms with E-state index in [1.54, 1.807) is 25.6 Å². The first kappa shape index (κ1) is 12.0. The number of nitrogens with two attached hydrogens (primary N) is 1. The topological polar surface area (TPSA) is 44.5 Å². The van der Waals surface area contributed by atoms with Crippen LogP contribution in [0.5, 0.6) is 11.5 Å². The lowest BCUT2D eigenvalue weighted by molar-refractivity contribution is 0.393. The number of rotatable bonds is 4. The maximum absolute atomic E-state index is 6.20. The molecule has 1 atom stereocenters. The molecule has 2 aromatic rings. The number of ether oxygens (including phenoxy) is 2. The normalized spacial score (nSPS) is 12.2. The molecule has 4 heteroatoms. The van der Waals surface area contributed by atoms with Gasteiger partial charge < -0.3 is 15.2 Å². The van der Waals surface area contributed by atoms with Gasteiger partial charge in [-0.15, -0.1) is 0 Å². The summed E-state index contributed by atoms with van der Waals surface area (Å²) >= 11 is 1.64. The first-order valence-corrected chi connectivity index (χ1v) is 6.19. The van der Waals surface area contributed by atoms with Gasteiger partial charge >= 0.3 is 0 Å². The van der Waals surface area contributed by atoms with Crippen molar-refractivity contribution in [3.63, 3.8) is 0 Å². The second kappa shape index (κ2) is 5.21. The second-order valence-electron chi connectivity index (χ2n) is 3.68. The molecule has 90 valence electrons. The zero-order chi connectivity index (χ0) is 12.3. The number of methoxy groups -OCH3 is 2. The minimum absolute atomic E-state index is 0.148. The van der Waals surface area contributed by atoms with Crippen molar-refractivity contribution in [2.24, 2.45) is 5.73 Å². The molecule has 1 heterocycles. The van der Waals surface area contributed by atoms with Crippen LogP contribution >= 0.6 is 11.3 Å². The SMILES string of the molecule is COc1cc(OC)cc([C@H](N)c2ccsc2)c1. The summed E-state index contributed by atoms with van der Waals surface area (Å²) in [6, 6.07) is 7.59. The smallest absolute Gasteiger partial charge is 0.122 e. The van der Waals surface area contributed by atoms with E-state index in [0.29, 0.717) is 0 Å². The Morgan fingerprint density at radius 3 is 2.18 bits per heavy atom. The third kappa shape index (κ3) is 2.60. The molecule has 1 aromatic carbocycles. The van der Waals surface area contributed by atoms with Gasteiger partial charge in [0.05, 0.1) is 20.3 Å². The highest BCUT2D eigenvalue weighted by Crippen LogP contribution is 2.29. The molecule has 0 spiro atoms. The molecule has 0 saturated carbocycles. The van der Waals surface area contributed by atoms with E-state index in [2.05, 4.69) is 5.38 Å². The Bertz CT molecular complexity index is 460. The van der Waals surface area contributed by atoms with Crippen LogP contribution in [0, 0.1) is 0 Å². The van der Waals surface area contributed by atoms with Gasteiger partial charge in [-0.3, -0.25) is 0 Å².